The highest BCUT2D eigenvalue weighted by Crippen LogP contribution is 2.27. The average Bonchev–Trinajstić information content (AvgIpc) is 2.82. The van der Waals surface area contributed by atoms with Crippen molar-refractivity contribution in [2.75, 3.05) is 0 Å². The zero-order chi connectivity index (χ0) is 12.5. The van der Waals surface area contributed by atoms with Crippen molar-refractivity contribution >= 4 is 22.7 Å². The van der Waals surface area contributed by atoms with E-state index in [2.05, 4.69) is 43.0 Å². The van der Waals surface area contributed by atoms with E-state index in [9.17, 15) is 0 Å². The SMILES string of the molecule is Cc1nc(-c2cscn2)sc1CNC(C)(C)C. The molecule has 0 saturated heterocycles. The van der Waals surface area contributed by atoms with Crippen LogP contribution < -0.4 is 5.32 Å². The smallest absolute Gasteiger partial charge is 0.143 e. The molecule has 0 amide bonds. The molecule has 5 heteroatoms. The van der Waals surface area contributed by atoms with Gasteiger partial charge in [-0.2, -0.15) is 0 Å². The summed E-state index contributed by atoms with van der Waals surface area (Å²) in [4.78, 5) is 10.2. The predicted molar refractivity (Wildman–Crippen MR) is 74.6 cm³/mol. The molecule has 92 valence electrons. The Morgan fingerprint density at radius 2 is 2.12 bits per heavy atom. The van der Waals surface area contributed by atoms with Gasteiger partial charge in [-0.15, -0.1) is 22.7 Å². The molecule has 3 nitrogen and oxygen atoms in total. The number of rotatable bonds is 3. The van der Waals surface area contributed by atoms with Gasteiger partial charge in [0.15, 0.2) is 0 Å². The fraction of sp³-hybridized carbons (Fsp3) is 0.500. The van der Waals surface area contributed by atoms with Crippen LogP contribution in [0.15, 0.2) is 10.9 Å². The summed E-state index contributed by atoms with van der Waals surface area (Å²) < 4.78 is 0. The van der Waals surface area contributed by atoms with E-state index in [1.165, 1.54) is 4.88 Å². The summed E-state index contributed by atoms with van der Waals surface area (Å²) in [5.74, 6) is 0. The molecule has 0 aromatic carbocycles. The molecule has 0 unspecified atom stereocenters. The maximum Gasteiger partial charge on any atom is 0.143 e. The van der Waals surface area contributed by atoms with E-state index in [0.29, 0.717) is 0 Å². The third-order valence-corrected chi connectivity index (χ3v) is 4.09. The Morgan fingerprint density at radius 1 is 1.35 bits per heavy atom. The Bertz CT molecular complexity index is 480. The second kappa shape index (κ2) is 4.84. The second-order valence-corrected chi connectivity index (χ2v) is 6.81. The van der Waals surface area contributed by atoms with Gasteiger partial charge in [0.05, 0.1) is 11.2 Å². The van der Waals surface area contributed by atoms with Crippen molar-refractivity contribution in [2.24, 2.45) is 0 Å². The standard InChI is InChI=1S/C12H17N3S2/c1-8-10(5-14-12(2,3)4)17-11(15-8)9-6-16-7-13-9/h6-7,14H,5H2,1-4H3. The number of nitrogens with zero attached hydrogens (tertiary/aromatic N) is 2. The predicted octanol–water partition coefficient (Wildman–Crippen LogP) is 3.46. The Morgan fingerprint density at radius 3 is 2.71 bits per heavy atom. The van der Waals surface area contributed by atoms with Crippen molar-refractivity contribution in [1.29, 1.82) is 0 Å². The number of nitrogens with one attached hydrogen (secondary N) is 1. The van der Waals surface area contributed by atoms with Crippen LogP contribution in [-0.2, 0) is 6.54 Å². The first-order valence-electron chi connectivity index (χ1n) is 5.55. The molecule has 2 aromatic rings. The first-order chi connectivity index (χ1) is 7.96. The van der Waals surface area contributed by atoms with Crippen molar-refractivity contribution in [3.63, 3.8) is 0 Å². The average molecular weight is 267 g/mol. The first-order valence-corrected chi connectivity index (χ1v) is 7.31. The third kappa shape index (κ3) is 3.34. The Labute approximate surface area is 110 Å². The van der Waals surface area contributed by atoms with E-state index in [0.717, 1.165) is 22.9 Å². The largest absolute Gasteiger partial charge is 0.307 e. The number of thiazole rings is 2. The molecular weight excluding hydrogens is 250 g/mol. The lowest BCUT2D eigenvalue weighted by atomic mass is 10.1. The minimum Gasteiger partial charge on any atom is -0.307 e. The van der Waals surface area contributed by atoms with Crippen LogP contribution in [0, 0.1) is 6.92 Å². The second-order valence-electron chi connectivity index (χ2n) is 5.00. The fourth-order valence-electron chi connectivity index (χ4n) is 1.37. The van der Waals surface area contributed by atoms with E-state index in [-0.39, 0.29) is 5.54 Å². The maximum atomic E-state index is 4.58. The van der Waals surface area contributed by atoms with Crippen LogP contribution in [-0.4, -0.2) is 15.5 Å². The summed E-state index contributed by atoms with van der Waals surface area (Å²) in [5, 5.41) is 6.55. The summed E-state index contributed by atoms with van der Waals surface area (Å²) in [7, 11) is 0. The van der Waals surface area contributed by atoms with Crippen molar-refractivity contribution < 1.29 is 0 Å². The number of hydrogen-bond acceptors (Lipinski definition) is 5. The van der Waals surface area contributed by atoms with Crippen LogP contribution in [0.2, 0.25) is 0 Å². The third-order valence-electron chi connectivity index (χ3n) is 2.32. The van der Waals surface area contributed by atoms with Crippen molar-refractivity contribution in [2.45, 2.75) is 39.8 Å². The lowest BCUT2D eigenvalue weighted by Crippen LogP contribution is -2.34. The highest BCUT2D eigenvalue weighted by atomic mass is 32.1. The topological polar surface area (TPSA) is 37.8 Å². The number of hydrogen-bond donors (Lipinski definition) is 1. The van der Waals surface area contributed by atoms with Gasteiger partial charge in [-0.3, -0.25) is 0 Å². The summed E-state index contributed by atoms with van der Waals surface area (Å²) in [6.07, 6.45) is 0. The van der Waals surface area contributed by atoms with Crippen molar-refractivity contribution in [1.82, 2.24) is 15.3 Å². The Balaban J connectivity index is 2.14. The van der Waals surface area contributed by atoms with E-state index in [4.69, 9.17) is 0 Å². The molecule has 0 atom stereocenters. The summed E-state index contributed by atoms with van der Waals surface area (Å²) in [6, 6.07) is 0. The minimum atomic E-state index is 0.136. The lowest BCUT2D eigenvalue weighted by Gasteiger charge is -2.19. The van der Waals surface area contributed by atoms with Crippen LogP contribution in [0.5, 0.6) is 0 Å². The molecule has 0 radical (unpaired) electrons. The van der Waals surface area contributed by atoms with Crippen LogP contribution in [0.4, 0.5) is 0 Å². The molecule has 2 aromatic heterocycles. The first kappa shape index (κ1) is 12.7. The van der Waals surface area contributed by atoms with Gasteiger partial charge in [-0.05, 0) is 27.7 Å². The minimum absolute atomic E-state index is 0.136. The molecule has 1 N–H and O–H groups in total. The lowest BCUT2D eigenvalue weighted by molar-refractivity contribution is 0.425. The number of aromatic nitrogens is 2. The molecular formula is C12H17N3S2. The molecule has 2 heterocycles. The van der Waals surface area contributed by atoms with Gasteiger partial charge in [0.1, 0.15) is 10.7 Å². The zero-order valence-electron chi connectivity index (χ0n) is 10.6. The Kier molecular flexibility index (Phi) is 3.61. The maximum absolute atomic E-state index is 4.58. The summed E-state index contributed by atoms with van der Waals surface area (Å²) in [6.45, 7) is 9.45. The summed E-state index contributed by atoms with van der Waals surface area (Å²) >= 11 is 3.34. The van der Waals surface area contributed by atoms with Gasteiger partial charge in [0, 0.05) is 22.3 Å². The van der Waals surface area contributed by atoms with Gasteiger partial charge in [0.2, 0.25) is 0 Å². The molecule has 0 aliphatic heterocycles. The van der Waals surface area contributed by atoms with Crippen molar-refractivity contribution in [3.05, 3.63) is 21.5 Å². The van der Waals surface area contributed by atoms with E-state index >= 15 is 0 Å². The fourth-order valence-corrected chi connectivity index (χ4v) is 2.95. The van der Waals surface area contributed by atoms with E-state index in [1.54, 1.807) is 22.7 Å². The van der Waals surface area contributed by atoms with Gasteiger partial charge >= 0.3 is 0 Å². The molecule has 2 rings (SSSR count). The highest BCUT2D eigenvalue weighted by molar-refractivity contribution is 7.15. The van der Waals surface area contributed by atoms with Gasteiger partial charge in [-0.1, -0.05) is 0 Å². The molecule has 0 bridgehead atoms. The van der Waals surface area contributed by atoms with Crippen LogP contribution in [0.25, 0.3) is 10.7 Å². The molecule has 0 aliphatic carbocycles. The van der Waals surface area contributed by atoms with Crippen molar-refractivity contribution in [3.8, 4) is 10.7 Å². The van der Waals surface area contributed by atoms with Gasteiger partial charge in [0.25, 0.3) is 0 Å². The van der Waals surface area contributed by atoms with Gasteiger partial charge in [-0.25, -0.2) is 9.97 Å². The van der Waals surface area contributed by atoms with E-state index in [1.807, 2.05) is 10.9 Å². The zero-order valence-corrected chi connectivity index (χ0v) is 12.2. The van der Waals surface area contributed by atoms with Crippen LogP contribution in [0.3, 0.4) is 0 Å². The van der Waals surface area contributed by atoms with Crippen LogP contribution in [0.1, 0.15) is 31.3 Å². The quantitative estimate of drug-likeness (QED) is 0.925. The summed E-state index contributed by atoms with van der Waals surface area (Å²) in [5.41, 5.74) is 4.08. The number of aryl methyl sites for hydroxylation is 1. The Hall–Kier alpha value is -0.780. The van der Waals surface area contributed by atoms with E-state index < -0.39 is 0 Å². The molecule has 0 saturated carbocycles. The molecule has 17 heavy (non-hydrogen) atoms. The van der Waals surface area contributed by atoms with Crippen LogP contribution >= 0.6 is 22.7 Å². The molecule has 0 spiro atoms. The normalized spacial score (nSPS) is 12.0. The monoisotopic (exact) mass is 267 g/mol. The van der Waals surface area contributed by atoms with Gasteiger partial charge < -0.3 is 5.32 Å². The highest BCUT2D eigenvalue weighted by Gasteiger charge is 2.14. The molecule has 0 aliphatic rings. The molecule has 0 fully saturated rings.